The van der Waals surface area contributed by atoms with Crippen LogP contribution in [0.15, 0.2) is 78.9 Å². The molecule has 3 rings (SSSR count). The van der Waals surface area contributed by atoms with Gasteiger partial charge in [-0.05, 0) is 35.4 Å². The number of rotatable bonds is 6. The monoisotopic (exact) mass is 372 g/mol. The van der Waals surface area contributed by atoms with E-state index in [1.165, 1.54) is 5.56 Å². The van der Waals surface area contributed by atoms with Crippen LogP contribution in [0.4, 0.5) is 0 Å². The van der Waals surface area contributed by atoms with Crippen LogP contribution in [0.3, 0.4) is 0 Å². The van der Waals surface area contributed by atoms with Crippen LogP contribution in [0.1, 0.15) is 16.7 Å². The number of quaternary nitrogens is 1. The van der Waals surface area contributed by atoms with Crippen LogP contribution in [0.5, 0.6) is 0 Å². The van der Waals surface area contributed by atoms with Crippen molar-refractivity contribution >= 4 is 23.2 Å². The molecule has 4 heteroatoms. The van der Waals surface area contributed by atoms with Crippen LogP contribution < -0.4 is 5.32 Å². The average molecular weight is 373 g/mol. The molecule has 0 radical (unpaired) electrons. The smallest absolute Gasteiger partial charge is 0.163 e. The van der Waals surface area contributed by atoms with E-state index in [1.807, 2.05) is 42.5 Å². The molecule has 3 N–H and O–H groups in total. The molecule has 0 spiro atoms. The van der Waals surface area contributed by atoms with E-state index in [0.29, 0.717) is 16.6 Å². The van der Waals surface area contributed by atoms with Crippen molar-refractivity contribution in [3.8, 4) is 0 Å². The Balaban J connectivity index is 1.86. The molecule has 0 aliphatic rings. The number of hydrogen-bond acceptors (Lipinski definition) is 1. The normalized spacial score (nSPS) is 11.5. The molecule has 0 aliphatic heterocycles. The fourth-order valence-corrected chi connectivity index (χ4v) is 3.17. The van der Waals surface area contributed by atoms with E-state index in [9.17, 15) is 5.11 Å². The molecule has 3 aromatic rings. The van der Waals surface area contributed by atoms with Crippen molar-refractivity contribution in [2.45, 2.75) is 12.1 Å². The quantitative estimate of drug-likeness (QED) is 0.674. The van der Waals surface area contributed by atoms with Crippen molar-refractivity contribution in [2.75, 3.05) is 6.54 Å². The fraction of sp³-hybridized carbons (Fsp3) is 0.143. The second-order valence-electron chi connectivity index (χ2n) is 6.06. The lowest BCUT2D eigenvalue weighted by molar-refractivity contribution is -0.682. The van der Waals surface area contributed by atoms with Gasteiger partial charge in [0.2, 0.25) is 0 Å². The summed E-state index contributed by atoms with van der Waals surface area (Å²) in [5.41, 5.74) is 1.72. The summed E-state index contributed by atoms with van der Waals surface area (Å²) >= 11 is 12.0. The Morgan fingerprint density at radius 2 is 1.20 bits per heavy atom. The van der Waals surface area contributed by atoms with Crippen molar-refractivity contribution in [3.05, 3.63) is 106 Å². The van der Waals surface area contributed by atoms with E-state index in [2.05, 4.69) is 17.4 Å². The maximum Gasteiger partial charge on any atom is 0.163 e. The van der Waals surface area contributed by atoms with E-state index < -0.39 is 5.60 Å². The summed E-state index contributed by atoms with van der Waals surface area (Å²) in [4.78, 5) is 0. The molecule has 0 aliphatic carbocycles. The van der Waals surface area contributed by atoms with Crippen molar-refractivity contribution in [1.29, 1.82) is 0 Å². The summed E-state index contributed by atoms with van der Waals surface area (Å²) in [6.07, 6.45) is 0. The Kier molecular flexibility index (Phi) is 5.77. The summed E-state index contributed by atoms with van der Waals surface area (Å²) in [6.45, 7) is 1.29. The minimum atomic E-state index is -1.12. The Labute approximate surface area is 158 Å². The van der Waals surface area contributed by atoms with E-state index in [0.717, 1.165) is 17.7 Å². The highest BCUT2D eigenvalue weighted by Gasteiger charge is 2.33. The number of benzene rings is 3. The zero-order valence-electron chi connectivity index (χ0n) is 13.7. The first-order valence-corrected chi connectivity index (χ1v) is 8.93. The molecule has 0 saturated heterocycles. The second kappa shape index (κ2) is 8.03. The van der Waals surface area contributed by atoms with Gasteiger partial charge in [-0.25, -0.2) is 0 Å². The van der Waals surface area contributed by atoms with Gasteiger partial charge in [0.05, 0.1) is 0 Å². The molecule has 0 aromatic heterocycles. The van der Waals surface area contributed by atoms with Crippen LogP contribution in [-0.2, 0) is 12.1 Å². The molecule has 0 heterocycles. The van der Waals surface area contributed by atoms with Crippen LogP contribution in [-0.4, -0.2) is 11.7 Å². The van der Waals surface area contributed by atoms with Gasteiger partial charge in [-0.2, -0.15) is 0 Å². The molecular formula is C21H20Cl2NO+. The summed E-state index contributed by atoms with van der Waals surface area (Å²) in [5.74, 6) is 0. The van der Waals surface area contributed by atoms with Crippen LogP contribution >= 0.6 is 23.2 Å². The third-order valence-corrected chi connectivity index (χ3v) is 4.81. The molecule has 2 nitrogen and oxygen atoms in total. The van der Waals surface area contributed by atoms with E-state index in [4.69, 9.17) is 23.2 Å². The van der Waals surface area contributed by atoms with Crippen LogP contribution in [0.2, 0.25) is 10.0 Å². The van der Waals surface area contributed by atoms with Gasteiger partial charge < -0.3 is 10.4 Å². The second-order valence-corrected chi connectivity index (χ2v) is 6.93. The highest BCUT2D eigenvalue weighted by molar-refractivity contribution is 6.30. The first-order chi connectivity index (χ1) is 12.1. The SMILES string of the molecule is OC(C[NH2+]Cc1ccccc1)(c1ccc(Cl)cc1)c1ccc(Cl)cc1. The molecule has 0 fully saturated rings. The number of hydrogen-bond donors (Lipinski definition) is 2. The molecule has 128 valence electrons. The molecule has 3 aromatic carbocycles. The van der Waals surface area contributed by atoms with E-state index in [1.54, 1.807) is 24.3 Å². The van der Waals surface area contributed by atoms with Crippen molar-refractivity contribution in [2.24, 2.45) is 0 Å². The average Bonchev–Trinajstić information content (AvgIpc) is 2.63. The van der Waals surface area contributed by atoms with Gasteiger partial charge in [-0.1, -0.05) is 77.8 Å². The lowest BCUT2D eigenvalue weighted by Crippen LogP contribution is -2.86. The minimum absolute atomic E-state index is 0.491. The largest absolute Gasteiger partial charge is 0.375 e. The maximum atomic E-state index is 11.5. The van der Waals surface area contributed by atoms with Gasteiger partial charge in [0.25, 0.3) is 0 Å². The molecule has 0 saturated carbocycles. The number of aliphatic hydroxyl groups is 1. The van der Waals surface area contributed by atoms with Gasteiger partial charge in [0.15, 0.2) is 5.60 Å². The summed E-state index contributed by atoms with van der Waals surface area (Å²) in [5, 5.41) is 14.9. The third kappa shape index (κ3) is 4.42. The maximum absolute atomic E-state index is 11.5. The number of nitrogens with two attached hydrogens (primary N) is 1. The van der Waals surface area contributed by atoms with Crippen molar-refractivity contribution < 1.29 is 10.4 Å². The Morgan fingerprint density at radius 3 is 1.68 bits per heavy atom. The van der Waals surface area contributed by atoms with Crippen LogP contribution in [0, 0.1) is 0 Å². The van der Waals surface area contributed by atoms with E-state index >= 15 is 0 Å². The molecular weight excluding hydrogens is 353 g/mol. The third-order valence-electron chi connectivity index (χ3n) is 4.31. The Bertz CT molecular complexity index is 756. The number of halogens is 2. The highest BCUT2D eigenvalue weighted by atomic mass is 35.5. The zero-order valence-corrected chi connectivity index (χ0v) is 15.2. The van der Waals surface area contributed by atoms with Crippen LogP contribution in [0.25, 0.3) is 0 Å². The first kappa shape index (κ1) is 18.0. The minimum Gasteiger partial charge on any atom is -0.375 e. The molecule has 0 unspecified atom stereocenters. The van der Waals surface area contributed by atoms with Gasteiger partial charge in [-0.15, -0.1) is 0 Å². The molecule has 0 amide bonds. The Hall–Kier alpha value is -1.84. The van der Waals surface area contributed by atoms with Gasteiger partial charge >= 0.3 is 0 Å². The van der Waals surface area contributed by atoms with Gasteiger partial charge in [-0.3, -0.25) is 0 Å². The fourth-order valence-electron chi connectivity index (χ4n) is 2.92. The molecule has 25 heavy (non-hydrogen) atoms. The predicted octanol–water partition coefficient (Wildman–Crippen LogP) is 3.99. The summed E-state index contributed by atoms with van der Waals surface area (Å²) < 4.78 is 0. The van der Waals surface area contributed by atoms with E-state index in [-0.39, 0.29) is 0 Å². The van der Waals surface area contributed by atoms with Crippen molar-refractivity contribution in [3.63, 3.8) is 0 Å². The standard InChI is InChI=1S/C21H19Cl2NO/c22-19-10-6-17(7-11-19)21(25,18-8-12-20(23)13-9-18)15-24-14-16-4-2-1-3-5-16/h1-13,24-25H,14-15H2/p+1. The van der Waals surface area contributed by atoms with Gasteiger partial charge in [0, 0.05) is 15.6 Å². The predicted molar refractivity (Wildman–Crippen MR) is 103 cm³/mol. The van der Waals surface area contributed by atoms with Crippen molar-refractivity contribution in [1.82, 2.24) is 0 Å². The summed E-state index contributed by atoms with van der Waals surface area (Å²) in [7, 11) is 0. The van der Waals surface area contributed by atoms with Gasteiger partial charge in [0.1, 0.15) is 13.1 Å². The lowest BCUT2D eigenvalue weighted by atomic mass is 9.86. The molecule has 0 atom stereocenters. The molecule has 0 bridgehead atoms. The summed E-state index contributed by atoms with van der Waals surface area (Å²) in [6, 6.07) is 24.9. The zero-order chi connectivity index (χ0) is 17.7. The Morgan fingerprint density at radius 1 is 0.720 bits per heavy atom. The first-order valence-electron chi connectivity index (χ1n) is 8.18. The highest BCUT2D eigenvalue weighted by Crippen LogP contribution is 2.30. The lowest BCUT2D eigenvalue weighted by Gasteiger charge is -2.28. The topological polar surface area (TPSA) is 36.8 Å².